The average Bonchev–Trinajstić information content (AvgIpc) is 3.54. The van der Waals surface area contributed by atoms with E-state index in [-0.39, 0.29) is 6.09 Å². The zero-order valence-corrected chi connectivity index (χ0v) is 20.7. The summed E-state index contributed by atoms with van der Waals surface area (Å²) >= 11 is 1.46. The van der Waals surface area contributed by atoms with E-state index in [4.69, 9.17) is 13.9 Å². The number of carbonyl (C=O) groups excluding carboxylic acids is 1. The molecular weight excluding hydrogens is 464 g/mol. The lowest BCUT2D eigenvalue weighted by molar-refractivity contribution is 0.0286. The van der Waals surface area contributed by atoms with Gasteiger partial charge in [-0.3, -0.25) is 0 Å². The van der Waals surface area contributed by atoms with E-state index >= 15 is 0 Å². The van der Waals surface area contributed by atoms with Gasteiger partial charge in [0.05, 0.1) is 11.0 Å². The number of benzene rings is 1. The van der Waals surface area contributed by atoms with E-state index < -0.39 is 5.60 Å². The van der Waals surface area contributed by atoms with Gasteiger partial charge in [0, 0.05) is 61.5 Å². The number of thiazole rings is 1. The van der Waals surface area contributed by atoms with Crippen LogP contribution in [0.2, 0.25) is 0 Å². The number of amides is 1. The first-order chi connectivity index (χ1) is 16.8. The number of hydrogen-bond donors (Lipinski definition) is 0. The number of nitrogens with zero attached hydrogens (tertiary/aromatic N) is 4. The minimum Gasteiger partial charge on any atom is -0.464 e. The average molecular weight is 491 g/mol. The van der Waals surface area contributed by atoms with Gasteiger partial charge in [-0.2, -0.15) is 4.98 Å². The molecule has 1 atom stereocenters. The third-order valence-electron chi connectivity index (χ3n) is 6.14. The second-order valence-corrected chi connectivity index (χ2v) is 11.0. The van der Waals surface area contributed by atoms with Crippen LogP contribution in [0.3, 0.4) is 0 Å². The van der Waals surface area contributed by atoms with Crippen molar-refractivity contribution >= 4 is 38.7 Å². The van der Waals surface area contributed by atoms with Gasteiger partial charge in [-0.15, -0.1) is 0 Å². The molecule has 0 saturated carbocycles. The molecular formula is C26H26N4O4S. The quantitative estimate of drug-likeness (QED) is 0.358. The molecule has 2 aliphatic heterocycles. The number of fused-ring (bicyclic) bond motifs is 3. The summed E-state index contributed by atoms with van der Waals surface area (Å²) in [4.78, 5) is 25.2. The molecule has 1 unspecified atom stereocenters. The number of carbonyl (C=O) groups is 1. The third-order valence-corrected chi connectivity index (χ3v) is 7.03. The van der Waals surface area contributed by atoms with E-state index in [0.717, 1.165) is 34.3 Å². The summed E-state index contributed by atoms with van der Waals surface area (Å²) < 4.78 is 18.3. The van der Waals surface area contributed by atoms with Gasteiger partial charge in [0.1, 0.15) is 16.9 Å². The van der Waals surface area contributed by atoms with Gasteiger partial charge in [0.15, 0.2) is 5.65 Å². The first-order valence-electron chi connectivity index (χ1n) is 11.6. The monoisotopic (exact) mass is 490 g/mol. The highest BCUT2D eigenvalue weighted by Gasteiger charge is 2.37. The van der Waals surface area contributed by atoms with E-state index in [1.165, 1.54) is 16.9 Å². The van der Waals surface area contributed by atoms with Crippen LogP contribution in [0.5, 0.6) is 10.9 Å². The molecule has 1 saturated heterocycles. The number of furan rings is 1. The van der Waals surface area contributed by atoms with E-state index in [2.05, 4.69) is 21.1 Å². The fraction of sp³-hybridized carbons (Fsp3) is 0.346. The Balaban J connectivity index is 1.12. The van der Waals surface area contributed by atoms with Crippen LogP contribution < -0.4 is 4.74 Å². The lowest BCUT2D eigenvalue weighted by atomic mass is 10.1. The minimum atomic E-state index is -0.478. The summed E-state index contributed by atoms with van der Waals surface area (Å²) in [6.45, 7) is 8.65. The van der Waals surface area contributed by atoms with Crippen LogP contribution in [0, 0.1) is 5.92 Å². The summed E-state index contributed by atoms with van der Waals surface area (Å²) in [5.74, 6) is 1.03. The van der Waals surface area contributed by atoms with Crippen LogP contribution in [0.4, 0.5) is 4.79 Å². The number of aromatic nitrogens is 2. The third kappa shape index (κ3) is 4.43. The van der Waals surface area contributed by atoms with Gasteiger partial charge in [-0.1, -0.05) is 11.3 Å². The molecule has 9 heteroatoms. The maximum absolute atomic E-state index is 12.4. The van der Waals surface area contributed by atoms with Crippen LogP contribution >= 0.6 is 11.3 Å². The minimum absolute atomic E-state index is 0.236. The van der Waals surface area contributed by atoms with Crippen molar-refractivity contribution < 1.29 is 18.7 Å². The highest BCUT2D eigenvalue weighted by Crippen LogP contribution is 2.35. The molecule has 1 fully saturated rings. The smallest absolute Gasteiger partial charge is 0.410 e. The van der Waals surface area contributed by atoms with Crippen LogP contribution in [0.1, 0.15) is 26.3 Å². The molecule has 0 N–H and O–H groups in total. The first kappa shape index (κ1) is 21.9. The molecule has 3 aromatic heterocycles. The molecule has 0 bridgehead atoms. The van der Waals surface area contributed by atoms with Crippen molar-refractivity contribution in [1.82, 2.24) is 19.8 Å². The molecule has 8 nitrogen and oxygen atoms in total. The molecule has 1 amide bonds. The maximum atomic E-state index is 12.4. The van der Waals surface area contributed by atoms with Gasteiger partial charge >= 0.3 is 6.09 Å². The normalized spacial score (nSPS) is 17.8. The van der Waals surface area contributed by atoms with E-state index in [1.54, 1.807) is 11.1 Å². The van der Waals surface area contributed by atoms with E-state index in [1.807, 2.05) is 57.4 Å². The molecule has 4 aromatic rings. The number of ether oxygens (including phenoxy) is 2. The Morgan fingerprint density at radius 2 is 2.14 bits per heavy atom. The van der Waals surface area contributed by atoms with Crippen molar-refractivity contribution in [2.45, 2.75) is 32.9 Å². The molecule has 35 heavy (non-hydrogen) atoms. The zero-order chi connectivity index (χ0) is 24.2. The van der Waals surface area contributed by atoms with Crippen LogP contribution in [0.15, 0.2) is 59.0 Å². The Morgan fingerprint density at radius 1 is 1.26 bits per heavy atom. The van der Waals surface area contributed by atoms with Crippen molar-refractivity contribution in [2.75, 3.05) is 19.6 Å². The lowest BCUT2D eigenvalue weighted by Gasteiger charge is -2.25. The van der Waals surface area contributed by atoms with Crippen LogP contribution in [-0.2, 0) is 11.3 Å². The van der Waals surface area contributed by atoms with E-state index in [9.17, 15) is 4.79 Å². The molecule has 1 aromatic carbocycles. The SMILES string of the molecule is CC(C)(C)OC(=O)N1CC2=CN(Cc3coc4cc(Oc5nc6ncccc6s5)ccc34)CC2C1. The summed E-state index contributed by atoms with van der Waals surface area (Å²) in [7, 11) is 0. The van der Waals surface area contributed by atoms with Gasteiger partial charge in [-0.25, -0.2) is 9.78 Å². The fourth-order valence-corrected chi connectivity index (χ4v) is 5.42. The van der Waals surface area contributed by atoms with Gasteiger partial charge in [-0.05, 0) is 50.6 Å². The second kappa shape index (κ2) is 8.27. The number of hydrogen-bond acceptors (Lipinski definition) is 8. The van der Waals surface area contributed by atoms with Gasteiger partial charge in [0.25, 0.3) is 5.19 Å². The molecule has 2 aliphatic rings. The highest BCUT2D eigenvalue weighted by molar-refractivity contribution is 7.20. The van der Waals surface area contributed by atoms with Crippen LogP contribution in [0.25, 0.3) is 21.3 Å². The Morgan fingerprint density at radius 3 is 2.94 bits per heavy atom. The lowest BCUT2D eigenvalue weighted by Crippen LogP contribution is -2.36. The summed E-state index contributed by atoms with van der Waals surface area (Å²) in [5, 5.41) is 1.62. The van der Waals surface area contributed by atoms with Crippen molar-refractivity contribution in [3.05, 3.63) is 60.1 Å². The van der Waals surface area contributed by atoms with Crippen molar-refractivity contribution in [1.29, 1.82) is 0 Å². The van der Waals surface area contributed by atoms with Crippen molar-refractivity contribution in [2.24, 2.45) is 5.92 Å². The first-order valence-corrected chi connectivity index (χ1v) is 12.4. The van der Waals surface area contributed by atoms with Crippen molar-refractivity contribution in [3.63, 3.8) is 0 Å². The molecule has 0 aliphatic carbocycles. The fourth-order valence-electron chi connectivity index (χ4n) is 4.63. The summed E-state index contributed by atoms with van der Waals surface area (Å²) in [6.07, 6.45) is 5.49. The molecule has 0 radical (unpaired) electrons. The topological polar surface area (TPSA) is 80.9 Å². The molecule has 0 spiro atoms. The largest absolute Gasteiger partial charge is 0.464 e. The maximum Gasteiger partial charge on any atom is 0.410 e. The predicted octanol–water partition coefficient (Wildman–Crippen LogP) is 5.80. The number of likely N-dealkylation sites (tertiary alicyclic amines) is 1. The highest BCUT2D eigenvalue weighted by atomic mass is 32.1. The number of rotatable bonds is 4. The van der Waals surface area contributed by atoms with Gasteiger partial charge in [0.2, 0.25) is 0 Å². The predicted molar refractivity (Wildman–Crippen MR) is 133 cm³/mol. The van der Waals surface area contributed by atoms with E-state index in [0.29, 0.717) is 35.6 Å². The Labute approximate surface area is 206 Å². The number of pyridine rings is 1. The van der Waals surface area contributed by atoms with Crippen molar-refractivity contribution in [3.8, 4) is 10.9 Å². The second-order valence-electron chi connectivity index (χ2n) is 10.0. The zero-order valence-electron chi connectivity index (χ0n) is 19.9. The Hall–Kier alpha value is -3.59. The molecule has 5 heterocycles. The van der Waals surface area contributed by atoms with Gasteiger partial charge < -0.3 is 23.7 Å². The summed E-state index contributed by atoms with van der Waals surface area (Å²) in [5.41, 5.74) is 3.39. The van der Waals surface area contributed by atoms with Crippen LogP contribution in [-0.4, -0.2) is 51.1 Å². The standard InChI is InChI=1S/C26H26N4O4S/c1-26(2,3)34-25(31)30-13-16-10-29(11-17(16)14-30)12-18-15-32-21-9-19(6-7-20(18)21)33-24-28-23-22(35-24)5-4-8-27-23/h4-10,15,17H,11-14H2,1-3H3. The summed E-state index contributed by atoms with van der Waals surface area (Å²) in [6, 6.07) is 9.74. The Kier molecular flexibility index (Phi) is 5.17. The Bertz CT molecular complexity index is 1420. The molecule has 180 valence electrons. The molecule has 6 rings (SSSR count).